The molecular formula is C12H22N2O3. The first-order valence-corrected chi connectivity index (χ1v) is 6.43. The molecule has 0 aromatic heterocycles. The zero-order valence-corrected chi connectivity index (χ0v) is 10.2. The fourth-order valence-electron chi connectivity index (χ4n) is 2.61. The minimum atomic E-state index is -0.444. The fourth-order valence-corrected chi connectivity index (χ4v) is 2.61. The van der Waals surface area contributed by atoms with Crippen molar-refractivity contribution in [3.63, 3.8) is 0 Å². The van der Waals surface area contributed by atoms with E-state index in [2.05, 4.69) is 5.32 Å². The van der Waals surface area contributed by atoms with Gasteiger partial charge in [0, 0.05) is 6.54 Å². The molecule has 1 aliphatic carbocycles. The van der Waals surface area contributed by atoms with Gasteiger partial charge in [-0.15, -0.1) is 0 Å². The Morgan fingerprint density at radius 2 is 2.12 bits per heavy atom. The number of amides is 1. The second-order valence-corrected chi connectivity index (χ2v) is 5.06. The van der Waals surface area contributed by atoms with E-state index in [-0.39, 0.29) is 11.3 Å². The molecule has 3 N–H and O–H groups in total. The molecule has 5 nitrogen and oxygen atoms in total. The Morgan fingerprint density at radius 3 is 2.71 bits per heavy atom. The van der Waals surface area contributed by atoms with E-state index >= 15 is 0 Å². The molecule has 0 bridgehead atoms. The highest BCUT2D eigenvalue weighted by Gasteiger charge is 2.33. The monoisotopic (exact) mass is 242 g/mol. The lowest BCUT2D eigenvalue weighted by Gasteiger charge is -2.29. The van der Waals surface area contributed by atoms with Crippen LogP contribution >= 0.6 is 0 Å². The van der Waals surface area contributed by atoms with Gasteiger partial charge in [-0.05, 0) is 24.8 Å². The fraction of sp³-hybridized carbons (Fsp3) is 0.917. The number of carbonyl (C=O) groups excluding carboxylic acids is 1. The van der Waals surface area contributed by atoms with Crippen molar-refractivity contribution in [1.82, 2.24) is 5.32 Å². The molecule has 0 aromatic rings. The zero-order chi connectivity index (χ0) is 12.1. The van der Waals surface area contributed by atoms with Crippen LogP contribution in [0.3, 0.4) is 0 Å². The number of rotatable bonds is 4. The first kappa shape index (κ1) is 12.8. The molecule has 5 heteroatoms. The van der Waals surface area contributed by atoms with Crippen LogP contribution < -0.4 is 11.1 Å². The van der Waals surface area contributed by atoms with Gasteiger partial charge in [-0.25, -0.2) is 0 Å². The molecule has 98 valence electrons. The number of ether oxygens (including phenoxy) is 2. The van der Waals surface area contributed by atoms with Crippen LogP contribution in [0.4, 0.5) is 0 Å². The highest BCUT2D eigenvalue weighted by atomic mass is 16.6. The molecule has 1 aliphatic heterocycles. The number of hydrogen-bond acceptors (Lipinski definition) is 4. The summed E-state index contributed by atoms with van der Waals surface area (Å²) in [7, 11) is 0. The largest absolute Gasteiger partial charge is 0.376 e. The molecular weight excluding hydrogens is 220 g/mol. The van der Waals surface area contributed by atoms with E-state index in [1.807, 2.05) is 0 Å². The summed E-state index contributed by atoms with van der Waals surface area (Å²) in [6.45, 7) is 2.76. The molecule has 0 aromatic carbocycles. The average Bonchev–Trinajstić information content (AvgIpc) is 2.86. The topological polar surface area (TPSA) is 73.6 Å². The maximum atomic E-state index is 11.9. The summed E-state index contributed by atoms with van der Waals surface area (Å²) >= 11 is 0. The van der Waals surface area contributed by atoms with E-state index in [0.29, 0.717) is 32.9 Å². The third kappa shape index (κ3) is 3.18. The maximum absolute atomic E-state index is 11.9. The highest BCUT2D eigenvalue weighted by molar-refractivity contribution is 5.81. The predicted molar refractivity (Wildman–Crippen MR) is 63.5 cm³/mol. The van der Waals surface area contributed by atoms with Gasteiger partial charge in [0.2, 0.25) is 0 Å². The van der Waals surface area contributed by atoms with Crippen LogP contribution in [-0.2, 0) is 14.3 Å². The Morgan fingerprint density at radius 1 is 1.35 bits per heavy atom. The quantitative estimate of drug-likeness (QED) is 0.730. The van der Waals surface area contributed by atoms with Crippen molar-refractivity contribution in [2.45, 2.75) is 31.8 Å². The van der Waals surface area contributed by atoms with Crippen molar-refractivity contribution in [2.75, 3.05) is 32.9 Å². The van der Waals surface area contributed by atoms with Gasteiger partial charge in [-0.3, -0.25) is 4.79 Å². The van der Waals surface area contributed by atoms with Gasteiger partial charge in [-0.2, -0.15) is 0 Å². The molecule has 0 radical (unpaired) electrons. The number of carbonyl (C=O) groups is 1. The molecule has 1 unspecified atom stereocenters. The molecule has 1 amide bonds. The second-order valence-electron chi connectivity index (χ2n) is 5.06. The molecule has 0 spiro atoms. The Kier molecular flexibility index (Phi) is 4.36. The lowest BCUT2D eigenvalue weighted by atomic mass is 9.86. The molecule has 1 saturated carbocycles. The van der Waals surface area contributed by atoms with Gasteiger partial charge >= 0.3 is 0 Å². The highest BCUT2D eigenvalue weighted by Crippen LogP contribution is 2.36. The average molecular weight is 242 g/mol. The van der Waals surface area contributed by atoms with E-state index in [9.17, 15) is 4.79 Å². The maximum Gasteiger partial charge on any atom is 0.251 e. The van der Waals surface area contributed by atoms with E-state index in [1.54, 1.807) is 0 Å². The van der Waals surface area contributed by atoms with Crippen LogP contribution in [0, 0.1) is 5.41 Å². The first-order chi connectivity index (χ1) is 8.26. The van der Waals surface area contributed by atoms with Crippen molar-refractivity contribution in [3.05, 3.63) is 0 Å². The second kappa shape index (κ2) is 5.80. The van der Waals surface area contributed by atoms with Crippen molar-refractivity contribution < 1.29 is 14.3 Å². The minimum Gasteiger partial charge on any atom is -0.376 e. The van der Waals surface area contributed by atoms with Gasteiger partial charge < -0.3 is 20.5 Å². The first-order valence-electron chi connectivity index (χ1n) is 6.43. The predicted octanol–water partition coefficient (Wildman–Crippen LogP) is 0.0371. The summed E-state index contributed by atoms with van der Waals surface area (Å²) < 4.78 is 10.6. The molecule has 17 heavy (non-hydrogen) atoms. The number of hydrogen-bond donors (Lipinski definition) is 2. The third-order valence-corrected chi connectivity index (χ3v) is 3.84. The summed E-state index contributed by atoms with van der Waals surface area (Å²) in [5, 5.41) is 2.96. The van der Waals surface area contributed by atoms with Gasteiger partial charge in [0.05, 0.1) is 19.8 Å². The van der Waals surface area contributed by atoms with Crippen molar-refractivity contribution in [3.8, 4) is 0 Å². The molecule has 1 atom stereocenters. The zero-order valence-electron chi connectivity index (χ0n) is 10.2. The summed E-state index contributed by atoms with van der Waals surface area (Å²) in [5.74, 6) is -0.0653. The van der Waals surface area contributed by atoms with Crippen LogP contribution in [0.2, 0.25) is 0 Å². The molecule has 2 aliphatic rings. The number of nitrogens with one attached hydrogen (secondary N) is 1. The lowest BCUT2D eigenvalue weighted by Crippen LogP contribution is -2.47. The minimum absolute atomic E-state index is 0.0653. The van der Waals surface area contributed by atoms with E-state index in [1.165, 1.54) is 12.8 Å². The van der Waals surface area contributed by atoms with Crippen molar-refractivity contribution in [2.24, 2.45) is 11.1 Å². The summed E-state index contributed by atoms with van der Waals surface area (Å²) in [4.78, 5) is 11.9. The van der Waals surface area contributed by atoms with Crippen LogP contribution in [0.25, 0.3) is 0 Å². The van der Waals surface area contributed by atoms with Crippen molar-refractivity contribution >= 4 is 5.91 Å². The smallest absolute Gasteiger partial charge is 0.251 e. The van der Waals surface area contributed by atoms with Gasteiger partial charge in [0.15, 0.2) is 6.10 Å². The van der Waals surface area contributed by atoms with Gasteiger partial charge in [0.1, 0.15) is 0 Å². The number of nitrogens with two attached hydrogens (primary N) is 1. The summed E-state index contributed by atoms with van der Waals surface area (Å²) in [6.07, 6.45) is 4.23. The Bertz CT molecular complexity index is 258. The summed E-state index contributed by atoms with van der Waals surface area (Å²) in [6, 6.07) is 0. The van der Waals surface area contributed by atoms with E-state index < -0.39 is 6.10 Å². The Balaban J connectivity index is 1.78. The van der Waals surface area contributed by atoms with Crippen molar-refractivity contribution in [1.29, 1.82) is 0 Å². The lowest BCUT2D eigenvalue weighted by molar-refractivity contribution is -0.147. The van der Waals surface area contributed by atoms with Crippen LogP contribution in [0.15, 0.2) is 0 Å². The Hall–Kier alpha value is -0.650. The van der Waals surface area contributed by atoms with Crippen LogP contribution in [0.1, 0.15) is 25.7 Å². The van der Waals surface area contributed by atoms with E-state index in [0.717, 1.165) is 12.8 Å². The van der Waals surface area contributed by atoms with Crippen LogP contribution in [0.5, 0.6) is 0 Å². The van der Waals surface area contributed by atoms with Gasteiger partial charge in [0.25, 0.3) is 5.91 Å². The molecule has 1 saturated heterocycles. The molecule has 1 heterocycles. The van der Waals surface area contributed by atoms with E-state index in [4.69, 9.17) is 15.2 Å². The van der Waals surface area contributed by atoms with Gasteiger partial charge in [-0.1, -0.05) is 12.8 Å². The van der Waals surface area contributed by atoms with Crippen LogP contribution in [-0.4, -0.2) is 44.9 Å². The Labute approximate surface area is 102 Å². The molecule has 2 rings (SSSR count). The summed E-state index contributed by atoms with van der Waals surface area (Å²) in [5.41, 5.74) is 5.94. The normalized spacial score (nSPS) is 27.9. The standard InChI is InChI=1S/C12H22N2O3/c13-8-12(3-1-2-4-12)9-14-11(15)10-7-16-5-6-17-10/h10H,1-9,13H2,(H,14,15). The SMILES string of the molecule is NCC1(CNC(=O)C2COCCO2)CCCC1. The third-order valence-electron chi connectivity index (χ3n) is 3.84. The molecule has 2 fully saturated rings.